The van der Waals surface area contributed by atoms with Gasteiger partial charge in [-0.3, -0.25) is 4.79 Å². The molecule has 0 saturated carbocycles. The minimum atomic E-state index is -0.399. The van der Waals surface area contributed by atoms with Gasteiger partial charge in [0.15, 0.2) is 0 Å². The number of benzene rings is 2. The third-order valence-corrected chi connectivity index (χ3v) is 5.34. The molecular formula is C20H24N6O2S. The molecule has 1 amide bonds. The quantitative estimate of drug-likeness (QED) is 0.597. The predicted molar refractivity (Wildman–Crippen MR) is 115 cm³/mol. The summed E-state index contributed by atoms with van der Waals surface area (Å²) in [6.07, 6.45) is 0. The van der Waals surface area contributed by atoms with E-state index in [0.717, 1.165) is 22.6 Å². The zero-order chi connectivity index (χ0) is 21.0. The number of carbonyl (C=O) groups excluding carboxylic acids is 1. The van der Waals surface area contributed by atoms with Crippen molar-refractivity contribution in [1.29, 1.82) is 0 Å². The van der Waals surface area contributed by atoms with E-state index in [1.807, 2.05) is 75.3 Å². The van der Waals surface area contributed by atoms with Crippen molar-refractivity contribution in [2.24, 2.45) is 0 Å². The summed E-state index contributed by atoms with van der Waals surface area (Å²) in [5.74, 6) is 0.529. The number of amides is 1. The fourth-order valence-electron chi connectivity index (χ4n) is 2.67. The Balaban J connectivity index is 1.73. The molecule has 1 heterocycles. The molecule has 0 saturated heterocycles. The molecule has 0 aliphatic heterocycles. The van der Waals surface area contributed by atoms with Crippen molar-refractivity contribution in [3.63, 3.8) is 0 Å². The lowest BCUT2D eigenvalue weighted by Crippen LogP contribution is -2.23. The molecule has 152 valence electrons. The SMILES string of the molecule is COc1ccc(C)cc1-n1nnnc1SC(C)C(=O)Nc1ccc(N(C)C)cc1. The minimum Gasteiger partial charge on any atom is -0.494 e. The van der Waals surface area contributed by atoms with E-state index in [0.29, 0.717) is 10.9 Å². The minimum absolute atomic E-state index is 0.127. The molecule has 8 nitrogen and oxygen atoms in total. The van der Waals surface area contributed by atoms with Crippen LogP contribution in [0.15, 0.2) is 47.6 Å². The lowest BCUT2D eigenvalue weighted by Gasteiger charge is -2.15. The van der Waals surface area contributed by atoms with Crippen LogP contribution in [-0.2, 0) is 4.79 Å². The second kappa shape index (κ2) is 8.95. The number of methoxy groups -OCH3 is 1. The van der Waals surface area contributed by atoms with Gasteiger partial charge in [0.1, 0.15) is 11.4 Å². The Morgan fingerprint density at radius 3 is 2.59 bits per heavy atom. The number of aromatic nitrogens is 4. The first-order valence-electron chi connectivity index (χ1n) is 9.07. The summed E-state index contributed by atoms with van der Waals surface area (Å²) in [6.45, 7) is 3.80. The highest BCUT2D eigenvalue weighted by Gasteiger charge is 2.21. The summed E-state index contributed by atoms with van der Waals surface area (Å²) in [7, 11) is 5.54. The highest BCUT2D eigenvalue weighted by atomic mass is 32.2. The molecule has 0 spiro atoms. The second-order valence-electron chi connectivity index (χ2n) is 6.74. The van der Waals surface area contributed by atoms with Crippen LogP contribution in [0.25, 0.3) is 5.69 Å². The van der Waals surface area contributed by atoms with Crippen molar-refractivity contribution in [2.75, 3.05) is 31.4 Å². The molecule has 2 aromatic carbocycles. The monoisotopic (exact) mass is 412 g/mol. The Morgan fingerprint density at radius 1 is 1.21 bits per heavy atom. The van der Waals surface area contributed by atoms with Gasteiger partial charge in [-0.05, 0) is 66.2 Å². The second-order valence-corrected chi connectivity index (χ2v) is 8.05. The van der Waals surface area contributed by atoms with E-state index in [2.05, 4.69) is 20.8 Å². The average molecular weight is 413 g/mol. The van der Waals surface area contributed by atoms with Crippen LogP contribution in [-0.4, -0.2) is 52.6 Å². The molecule has 3 rings (SSSR count). The number of rotatable bonds is 7. The van der Waals surface area contributed by atoms with Gasteiger partial charge in [-0.2, -0.15) is 4.68 Å². The van der Waals surface area contributed by atoms with Crippen LogP contribution in [0, 0.1) is 6.92 Å². The third kappa shape index (κ3) is 4.86. The van der Waals surface area contributed by atoms with Crippen molar-refractivity contribution in [3.8, 4) is 11.4 Å². The smallest absolute Gasteiger partial charge is 0.237 e. The van der Waals surface area contributed by atoms with E-state index in [9.17, 15) is 4.79 Å². The number of tetrazole rings is 1. The number of hydrogen-bond donors (Lipinski definition) is 1. The first-order valence-corrected chi connectivity index (χ1v) is 9.95. The molecule has 1 atom stereocenters. The maximum absolute atomic E-state index is 12.6. The zero-order valence-corrected chi connectivity index (χ0v) is 17.9. The van der Waals surface area contributed by atoms with Gasteiger partial charge in [0.05, 0.1) is 12.4 Å². The fraction of sp³-hybridized carbons (Fsp3) is 0.300. The van der Waals surface area contributed by atoms with Crippen molar-refractivity contribution < 1.29 is 9.53 Å². The molecule has 1 aromatic heterocycles. The van der Waals surface area contributed by atoms with Gasteiger partial charge < -0.3 is 15.0 Å². The number of ether oxygens (including phenoxy) is 1. The van der Waals surface area contributed by atoms with Gasteiger partial charge in [0.25, 0.3) is 0 Å². The first-order chi connectivity index (χ1) is 13.9. The molecule has 29 heavy (non-hydrogen) atoms. The average Bonchev–Trinajstić information content (AvgIpc) is 3.16. The molecule has 0 radical (unpaired) electrons. The van der Waals surface area contributed by atoms with Crippen LogP contribution in [0.2, 0.25) is 0 Å². The Labute approximate surface area is 174 Å². The van der Waals surface area contributed by atoms with Gasteiger partial charge in [-0.25, -0.2) is 0 Å². The van der Waals surface area contributed by atoms with Crippen molar-refractivity contribution >= 4 is 29.0 Å². The van der Waals surface area contributed by atoms with Crippen LogP contribution in [0.5, 0.6) is 5.75 Å². The van der Waals surface area contributed by atoms with Gasteiger partial charge in [-0.15, -0.1) is 5.10 Å². The summed E-state index contributed by atoms with van der Waals surface area (Å²) < 4.78 is 7.02. The van der Waals surface area contributed by atoms with Crippen molar-refractivity contribution in [3.05, 3.63) is 48.0 Å². The fourth-order valence-corrected chi connectivity index (χ4v) is 3.47. The van der Waals surface area contributed by atoms with Gasteiger partial charge in [0, 0.05) is 25.5 Å². The lowest BCUT2D eigenvalue weighted by atomic mass is 10.2. The number of hydrogen-bond acceptors (Lipinski definition) is 7. The molecular weight excluding hydrogens is 388 g/mol. The van der Waals surface area contributed by atoms with E-state index in [4.69, 9.17) is 4.74 Å². The topological polar surface area (TPSA) is 85.2 Å². The summed E-state index contributed by atoms with van der Waals surface area (Å²) >= 11 is 1.28. The number of nitrogens with one attached hydrogen (secondary N) is 1. The van der Waals surface area contributed by atoms with E-state index >= 15 is 0 Å². The van der Waals surface area contributed by atoms with Crippen molar-refractivity contribution in [2.45, 2.75) is 24.3 Å². The van der Waals surface area contributed by atoms with Gasteiger partial charge in [0.2, 0.25) is 11.1 Å². The summed E-state index contributed by atoms with van der Waals surface area (Å²) in [5.41, 5.74) is 3.59. The summed E-state index contributed by atoms with van der Waals surface area (Å²) in [6, 6.07) is 13.4. The van der Waals surface area contributed by atoms with E-state index in [-0.39, 0.29) is 5.91 Å². The first kappa shape index (κ1) is 20.7. The Morgan fingerprint density at radius 2 is 1.93 bits per heavy atom. The molecule has 0 aliphatic rings. The number of aryl methyl sites for hydroxylation is 1. The Bertz CT molecular complexity index is 987. The zero-order valence-electron chi connectivity index (χ0n) is 17.1. The molecule has 9 heteroatoms. The number of nitrogens with zero attached hydrogens (tertiary/aromatic N) is 5. The number of carbonyl (C=O) groups is 1. The Hall–Kier alpha value is -3.07. The standard InChI is InChI=1S/C20H24N6O2S/c1-13-6-11-18(28-5)17(12-13)26-20(22-23-24-26)29-14(2)19(27)21-15-7-9-16(10-8-15)25(3)4/h6-12,14H,1-5H3,(H,21,27). The third-order valence-electron chi connectivity index (χ3n) is 4.31. The molecule has 0 bridgehead atoms. The summed E-state index contributed by atoms with van der Waals surface area (Å²) in [4.78, 5) is 14.6. The van der Waals surface area contributed by atoms with Gasteiger partial charge >= 0.3 is 0 Å². The maximum Gasteiger partial charge on any atom is 0.237 e. The largest absolute Gasteiger partial charge is 0.494 e. The van der Waals surface area contributed by atoms with Crippen LogP contribution in [0.4, 0.5) is 11.4 Å². The summed E-state index contributed by atoms with van der Waals surface area (Å²) in [5, 5.41) is 15.0. The molecule has 3 aromatic rings. The van der Waals surface area contributed by atoms with Gasteiger partial charge in [-0.1, -0.05) is 17.8 Å². The van der Waals surface area contributed by atoms with Crippen LogP contribution >= 0.6 is 11.8 Å². The van der Waals surface area contributed by atoms with Crippen LogP contribution < -0.4 is 15.0 Å². The maximum atomic E-state index is 12.6. The van der Waals surface area contributed by atoms with Crippen molar-refractivity contribution in [1.82, 2.24) is 20.2 Å². The van der Waals surface area contributed by atoms with E-state index in [1.165, 1.54) is 11.8 Å². The van der Waals surface area contributed by atoms with E-state index < -0.39 is 5.25 Å². The highest BCUT2D eigenvalue weighted by Crippen LogP contribution is 2.29. The highest BCUT2D eigenvalue weighted by molar-refractivity contribution is 8.00. The number of anilines is 2. The van der Waals surface area contributed by atoms with Crippen LogP contribution in [0.3, 0.4) is 0 Å². The lowest BCUT2D eigenvalue weighted by molar-refractivity contribution is -0.115. The molecule has 0 aliphatic carbocycles. The Kier molecular flexibility index (Phi) is 6.38. The molecule has 1 N–H and O–H groups in total. The predicted octanol–water partition coefficient (Wildman–Crippen LogP) is 3.16. The molecule has 0 fully saturated rings. The normalized spacial score (nSPS) is 11.8. The molecule has 1 unspecified atom stereocenters. The van der Waals surface area contributed by atoms with Crippen LogP contribution in [0.1, 0.15) is 12.5 Å². The van der Waals surface area contributed by atoms with E-state index in [1.54, 1.807) is 11.8 Å². The number of thioether (sulfide) groups is 1.